The summed E-state index contributed by atoms with van der Waals surface area (Å²) < 4.78 is 0. The number of ketones is 1. The van der Waals surface area contributed by atoms with Gasteiger partial charge in [-0.1, -0.05) is 24.6 Å². The molecule has 0 spiro atoms. The zero-order chi connectivity index (χ0) is 8.27. The van der Waals surface area contributed by atoms with Crippen molar-refractivity contribution in [3.63, 3.8) is 0 Å². The van der Waals surface area contributed by atoms with Crippen LogP contribution in [0.3, 0.4) is 0 Å². The summed E-state index contributed by atoms with van der Waals surface area (Å²) in [5, 5.41) is 0. The highest BCUT2D eigenvalue weighted by molar-refractivity contribution is 5.93. The van der Waals surface area contributed by atoms with Gasteiger partial charge in [-0.3, -0.25) is 4.79 Å². The highest BCUT2D eigenvalue weighted by Crippen LogP contribution is 2.19. The average molecular weight is 150 g/mol. The summed E-state index contributed by atoms with van der Waals surface area (Å²) in [7, 11) is 0. The Bertz CT molecular complexity index is 221. The van der Waals surface area contributed by atoms with Crippen LogP contribution in [-0.4, -0.2) is 5.78 Å². The molecule has 0 saturated carbocycles. The molecule has 11 heavy (non-hydrogen) atoms. The molecule has 0 aromatic rings. The zero-order valence-corrected chi connectivity index (χ0v) is 7.18. The molecular weight excluding hydrogens is 136 g/mol. The number of carbonyl (C=O) groups excluding carboxylic acids is 1. The predicted molar refractivity (Wildman–Crippen MR) is 46.4 cm³/mol. The standard InChI is InChI=1S/C10H14O/c1-3-9-5-4-6-10(7-9)8(2)11/h5,7H,3-4,6H2,1-2H3. The molecule has 0 fully saturated rings. The van der Waals surface area contributed by atoms with E-state index in [1.54, 1.807) is 6.92 Å². The molecule has 0 aliphatic heterocycles. The zero-order valence-electron chi connectivity index (χ0n) is 7.18. The number of carbonyl (C=O) groups is 1. The van der Waals surface area contributed by atoms with Gasteiger partial charge >= 0.3 is 0 Å². The Labute approximate surface area is 67.8 Å². The van der Waals surface area contributed by atoms with Crippen LogP contribution in [0, 0.1) is 0 Å². The van der Waals surface area contributed by atoms with Crippen LogP contribution >= 0.6 is 0 Å². The lowest BCUT2D eigenvalue weighted by atomic mass is 9.96. The summed E-state index contributed by atoms with van der Waals surface area (Å²) in [5.41, 5.74) is 2.30. The van der Waals surface area contributed by atoms with E-state index in [4.69, 9.17) is 0 Å². The van der Waals surface area contributed by atoms with Gasteiger partial charge in [0.25, 0.3) is 0 Å². The molecule has 1 aliphatic rings. The Balaban J connectivity index is 2.76. The predicted octanol–water partition coefficient (Wildman–Crippen LogP) is 2.63. The van der Waals surface area contributed by atoms with Crippen molar-refractivity contribution in [2.24, 2.45) is 0 Å². The first-order chi connectivity index (χ1) is 5.24. The first-order valence-corrected chi connectivity index (χ1v) is 4.14. The Morgan fingerprint density at radius 2 is 2.36 bits per heavy atom. The quantitative estimate of drug-likeness (QED) is 0.591. The third-order valence-corrected chi connectivity index (χ3v) is 2.04. The maximum absolute atomic E-state index is 11.0. The largest absolute Gasteiger partial charge is 0.295 e. The van der Waals surface area contributed by atoms with Crippen LogP contribution in [0.5, 0.6) is 0 Å². The van der Waals surface area contributed by atoms with Crippen LogP contribution in [0.1, 0.15) is 33.1 Å². The van der Waals surface area contributed by atoms with Crippen molar-refractivity contribution >= 4 is 5.78 Å². The fourth-order valence-electron chi connectivity index (χ4n) is 1.29. The second-order valence-corrected chi connectivity index (χ2v) is 2.90. The second kappa shape index (κ2) is 3.51. The molecule has 1 aliphatic carbocycles. The van der Waals surface area contributed by atoms with Gasteiger partial charge < -0.3 is 0 Å². The maximum atomic E-state index is 11.0. The van der Waals surface area contributed by atoms with Gasteiger partial charge in [0.15, 0.2) is 5.78 Å². The fourth-order valence-corrected chi connectivity index (χ4v) is 1.29. The topological polar surface area (TPSA) is 17.1 Å². The summed E-state index contributed by atoms with van der Waals surface area (Å²) in [6.07, 6.45) is 7.25. The van der Waals surface area contributed by atoms with E-state index in [1.165, 1.54) is 5.57 Å². The number of allylic oxidation sites excluding steroid dienone is 4. The number of Topliss-reactive ketones (excluding diaryl/α,β-unsaturated/α-hetero) is 1. The molecule has 0 N–H and O–H groups in total. The van der Waals surface area contributed by atoms with Crippen LogP contribution in [0.15, 0.2) is 23.3 Å². The minimum absolute atomic E-state index is 0.226. The van der Waals surface area contributed by atoms with Crippen LogP contribution in [0.2, 0.25) is 0 Å². The summed E-state index contributed by atoms with van der Waals surface area (Å²) in [5.74, 6) is 0.226. The summed E-state index contributed by atoms with van der Waals surface area (Å²) in [6.45, 7) is 3.76. The molecular formula is C10H14O. The minimum atomic E-state index is 0.226. The summed E-state index contributed by atoms with van der Waals surface area (Å²) in [6, 6.07) is 0. The smallest absolute Gasteiger partial charge is 0.155 e. The number of hydrogen-bond acceptors (Lipinski definition) is 1. The molecule has 0 amide bonds. The fraction of sp³-hybridized carbons (Fsp3) is 0.500. The third-order valence-electron chi connectivity index (χ3n) is 2.04. The van der Waals surface area contributed by atoms with Gasteiger partial charge in [-0.2, -0.15) is 0 Å². The van der Waals surface area contributed by atoms with E-state index in [9.17, 15) is 4.79 Å². The van der Waals surface area contributed by atoms with E-state index in [2.05, 4.69) is 13.0 Å². The lowest BCUT2D eigenvalue weighted by Gasteiger charge is -2.09. The molecule has 60 valence electrons. The van der Waals surface area contributed by atoms with E-state index < -0.39 is 0 Å². The van der Waals surface area contributed by atoms with Gasteiger partial charge in [-0.25, -0.2) is 0 Å². The molecule has 1 nitrogen and oxygen atoms in total. The maximum Gasteiger partial charge on any atom is 0.155 e. The van der Waals surface area contributed by atoms with Crippen LogP contribution in [0.4, 0.5) is 0 Å². The van der Waals surface area contributed by atoms with Gasteiger partial charge in [0.2, 0.25) is 0 Å². The van der Waals surface area contributed by atoms with Crippen molar-refractivity contribution in [3.8, 4) is 0 Å². The van der Waals surface area contributed by atoms with E-state index >= 15 is 0 Å². The lowest BCUT2D eigenvalue weighted by Crippen LogP contribution is -2.00. The van der Waals surface area contributed by atoms with Gasteiger partial charge in [0.05, 0.1) is 0 Å². The van der Waals surface area contributed by atoms with Crippen LogP contribution in [-0.2, 0) is 4.79 Å². The monoisotopic (exact) mass is 150 g/mol. The molecule has 0 saturated heterocycles. The highest BCUT2D eigenvalue weighted by atomic mass is 16.1. The van der Waals surface area contributed by atoms with Crippen LogP contribution < -0.4 is 0 Å². The number of hydrogen-bond donors (Lipinski definition) is 0. The minimum Gasteiger partial charge on any atom is -0.295 e. The van der Waals surface area contributed by atoms with Crippen molar-refractivity contribution in [1.29, 1.82) is 0 Å². The average Bonchev–Trinajstić information content (AvgIpc) is 2.05. The molecule has 1 heteroatoms. The first-order valence-electron chi connectivity index (χ1n) is 4.14. The molecule has 1 rings (SSSR count). The molecule has 0 aromatic heterocycles. The van der Waals surface area contributed by atoms with Crippen molar-refractivity contribution in [2.75, 3.05) is 0 Å². The Morgan fingerprint density at radius 3 is 2.91 bits per heavy atom. The Morgan fingerprint density at radius 1 is 1.64 bits per heavy atom. The van der Waals surface area contributed by atoms with E-state index in [0.717, 1.165) is 24.8 Å². The van der Waals surface area contributed by atoms with Crippen molar-refractivity contribution in [2.45, 2.75) is 33.1 Å². The van der Waals surface area contributed by atoms with Crippen molar-refractivity contribution in [3.05, 3.63) is 23.3 Å². The van der Waals surface area contributed by atoms with Crippen molar-refractivity contribution < 1.29 is 4.79 Å². The molecule has 0 bridgehead atoms. The summed E-state index contributed by atoms with van der Waals surface area (Å²) in [4.78, 5) is 11.0. The highest BCUT2D eigenvalue weighted by Gasteiger charge is 2.07. The molecule has 0 heterocycles. The Kier molecular flexibility index (Phi) is 2.64. The second-order valence-electron chi connectivity index (χ2n) is 2.90. The Hall–Kier alpha value is -0.850. The van der Waals surface area contributed by atoms with Crippen LogP contribution in [0.25, 0.3) is 0 Å². The van der Waals surface area contributed by atoms with Gasteiger partial charge in [0, 0.05) is 0 Å². The molecule has 0 atom stereocenters. The van der Waals surface area contributed by atoms with E-state index in [0.29, 0.717) is 0 Å². The molecule has 0 radical (unpaired) electrons. The van der Waals surface area contributed by atoms with Crippen molar-refractivity contribution in [1.82, 2.24) is 0 Å². The molecule has 0 aromatic carbocycles. The van der Waals surface area contributed by atoms with Gasteiger partial charge in [-0.05, 0) is 31.8 Å². The first kappa shape index (κ1) is 8.25. The van der Waals surface area contributed by atoms with E-state index in [-0.39, 0.29) is 5.78 Å². The third kappa shape index (κ3) is 2.04. The molecule has 0 unspecified atom stereocenters. The van der Waals surface area contributed by atoms with Gasteiger partial charge in [0.1, 0.15) is 0 Å². The SMILES string of the molecule is CCC1=CCCC(C(C)=O)=C1. The van der Waals surface area contributed by atoms with Gasteiger partial charge in [-0.15, -0.1) is 0 Å². The summed E-state index contributed by atoms with van der Waals surface area (Å²) >= 11 is 0. The number of rotatable bonds is 2. The van der Waals surface area contributed by atoms with E-state index in [1.807, 2.05) is 6.08 Å². The normalized spacial score (nSPS) is 17.3. The lowest BCUT2D eigenvalue weighted by molar-refractivity contribution is -0.113.